The summed E-state index contributed by atoms with van der Waals surface area (Å²) in [5.41, 5.74) is 3.59. The Hall–Kier alpha value is -3.12. The minimum Gasteiger partial charge on any atom is -0.504 e. The van der Waals surface area contributed by atoms with Crippen LogP contribution >= 0.6 is 0 Å². The molecule has 1 spiro atoms. The van der Waals surface area contributed by atoms with Crippen LogP contribution in [0.25, 0.3) is 11.1 Å². The molecule has 0 aromatic heterocycles. The van der Waals surface area contributed by atoms with Crippen molar-refractivity contribution < 1.29 is 19.1 Å². The van der Waals surface area contributed by atoms with Crippen LogP contribution in [0.1, 0.15) is 36.5 Å². The van der Waals surface area contributed by atoms with E-state index < -0.39 is 5.54 Å². The third-order valence-electron chi connectivity index (χ3n) is 8.05. The smallest absolute Gasteiger partial charge is 0.337 e. The maximum atomic E-state index is 14.2. The van der Waals surface area contributed by atoms with Crippen LogP contribution in [0, 0.1) is 11.8 Å². The largest absolute Gasteiger partial charge is 0.504 e. The van der Waals surface area contributed by atoms with Gasteiger partial charge in [-0.2, -0.15) is 0 Å². The summed E-state index contributed by atoms with van der Waals surface area (Å²) >= 11 is 0. The maximum absolute atomic E-state index is 14.2. The molecule has 0 saturated carbocycles. The topological polar surface area (TPSA) is 67.9 Å². The van der Waals surface area contributed by atoms with E-state index in [0.717, 1.165) is 48.3 Å². The summed E-state index contributed by atoms with van der Waals surface area (Å²) in [7, 11) is 2.96. The Bertz CT molecular complexity index is 1130. The molecule has 0 radical (unpaired) electrons. The van der Waals surface area contributed by atoms with Crippen molar-refractivity contribution in [3.8, 4) is 11.1 Å². The van der Waals surface area contributed by atoms with Crippen molar-refractivity contribution in [1.82, 2.24) is 4.90 Å². The van der Waals surface area contributed by atoms with Gasteiger partial charge in [-0.1, -0.05) is 55.8 Å². The molecule has 2 fully saturated rings. The van der Waals surface area contributed by atoms with Gasteiger partial charge in [0.2, 0.25) is 0 Å². The van der Waals surface area contributed by atoms with Gasteiger partial charge in [0.05, 0.1) is 31.6 Å². The molecule has 2 aromatic rings. The summed E-state index contributed by atoms with van der Waals surface area (Å²) in [6.45, 7) is 3.87. The van der Waals surface area contributed by atoms with Crippen LogP contribution in [0.4, 0.5) is 5.69 Å². The van der Waals surface area contributed by atoms with E-state index in [1.165, 1.54) is 13.4 Å². The van der Waals surface area contributed by atoms with E-state index in [0.29, 0.717) is 17.9 Å². The molecule has 1 N–H and O–H groups in total. The molecular formula is C28H32N2O4. The number of nitrogens with one attached hydrogen (secondary N) is 1. The Balaban J connectivity index is 1.53. The van der Waals surface area contributed by atoms with Gasteiger partial charge < -0.3 is 14.8 Å². The number of benzene rings is 2. The van der Waals surface area contributed by atoms with E-state index in [4.69, 9.17) is 9.47 Å². The molecule has 2 unspecified atom stereocenters. The zero-order chi connectivity index (χ0) is 23.9. The number of rotatable bonds is 5. The van der Waals surface area contributed by atoms with Crippen LogP contribution in [0.2, 0.25) is 0 Å². The molecular weight excluding hydrogens is 428 g/mol. The van der Waals surface area contributed by atoms with Gasteiger partial charge >= 0.3 is 5.97 Å². The molecule has 3 aliphatic rings. The number of methoxy groups -OCH3 is 2. The van der Waals surface area contributed by atoms with Gasteiger partial charge in [-0.3, -0.25) is 9.69 Å². The van der Waals surface area contributed by atoms with Gasteiger partial charge in [-0.15, -0.1) is 0 Å². The first kappa shape index (κ1) is 22.7. The van der Waals surface area contributed by atoms with Crippen molar-refractivity contribution in [2.75, 3.05) is 32.6 Å². The number of ketones is 1. The Kier molecular flexibility index (Phi) is 5.94. The number of ether oxygens (including phenoxy) is 2. The fourth-order valence-electron chi connectivity index (χ4n) is 6.40. The lowest BCUT2D eigenvalue weighted by Gasteiger charge is -2.45. The standard InChI is InChI=1S/C28H32N2O4/c1-4-18-16-30-14-13-28(24(30)15-21(18)22(17-33-2)27(32)34-3)26(31)25-20(11-8-12-23(25)29-28)19-9-6-5-7-10-19/h5-12,17-18,21,24,29H,4,13-16H2,1-3H3/b22-17+/t18-,21+,24?,28?/m1/s1. The minimum atomic E-state index is -0.682. The van der Waals surface area contributed by atoms with Crippen LogP contribution in [0.15, 0.2) is 60.4 Å². The van der Waals surface area contributed by atoms with Crippen LogP contribution < -0.4 is 5.32 Å². The van der Waals surface area contributed by atoms with E-state index in [9.17, 15) is 9.59 Å². The van der Waals surface area contributed by atoms with Crippen LogP contribution in [-0.4, -0.2) is 55.5 Å². The minimum absolute atomic E-state index is 0.00580. The molecule has 0 bridgehead atoms. The van der Waals surface area contributed by atoms with Crippen molar-refractivity contribution in [1.29, 1.82) is 0 Å². The highest BCUT2D eigenvalue weighted by Gasteiger charge is 2.59. The number of anilines is 1. The normalized spacial score (nSPS) is 28.4. The average Bonchev–Trinajstić information content (AvgIpc) is 3.38. The van der Waals surface area contributed by atoms with E-state index in [-0.39, 0.29) is 23.7 Å². The molecule has 178 valence electrons. The van der Waals surface area contributed by atoms with Crippen LogP contribution in [0.5, 0.6) is 0 Å². The highest BCUT2D eigenvalue weighted by Crippen LogP contribution is 2.50. The zero-order valence-corrected chi connectivity index (χ0v) is 20.0. The predicted molar refractivity (Wildman–Crippen MR) is 132 cm³/mol. The average molecular weight is 461 g/mol. The van der Waals surface area contributed by atoms with Crippen LogP contribution in [-0.2, 0) is 14.3 Å². The molecule has 0 amide bonds. The Morgan fingerprint density at radius 3 is 2.68 bits per heavy atom. The number of esters is 1. The van der Waals surface area contributed by atoms with E-state index in [1.807, 2.05) is 36.4 Å². The van der Waals surface area contributed by atoms with Gasteiger partial charge in [0.25, 0.3) is 0 Å². The molecule has 5 rings (SSSR count). The second-order valence-corrected chi connectivity index (χ2v) is 9.59. The number of hydrogen-bond acceptors (Lipinski definition) is 6. The summed E-state index contributed by atoms with van der Waals surface area (Å²) in [4.78, 5) is 29.3. The molecule has 3 aliphatic heterocycles. The molecule has 2 saturated heterocycles. The monoisotopic (exact) mass is 460 g/mol. The maximum Gasteiger partial charge on any atom is 0.337 e. The number of piperidine rings is 1. The fraction of sp³-hybridized carbons (Fsp3) is 0.429. The number of nitrogens with zero attached hydrogens (tertiary/aromatic N) is 1. The highest BCUT2D eigenvalue weighted by molar-refractivity contribution is 6.18. The fourth-order valence-corrected chi connectivity index (χ4v) is 6.40. The molecule has 2 aromatic carbocycles. The lowest BCUT2D eigenvalue weighted by molar-refractivity contribution is -0.137. The molecule has 6 nitrogen and oxygen atoms in total. The molecule has 6 heteroatoms. The molecule has 3 heterocycles. The van der Waals surface area contributed by atoms with Crippen molar-refractivity contribution in [3.63, 3.8) is 0 Å². The Labute approximate surface area is 200 Å². The predicted octanol–water partition coefficient (Wildman–Crippen LogP) is 4.52. The molecule has 4 atom stereocenters. The second-order valence-electron chi connectivity index (χ2n) is 9.59. The lowest BCUT2D eigenvalue weighted by Crippen LogP contribution is -2.57. The summed E-state index contributed by atoms with van der Waals surface area (Å²) in [6, 6.07) is 16.1. The third-order valence-corrected chi connectivity index (χ3v) is 8.05. The van der Waals surface area contributed by atoms with Gasteiger partial charge in [0.15, 0.2) is 5.78 Å². The number of Topliss-reactive ketones (excluding diaryl/α,β-unsaturated/α-hetero) is 1. The lowest BCUT2D eigenvalue weighted by atomic mass is 9.71. The Morgan fingerprint density at radius 1 is 1.18 bits per heavy atom. The summed E-state index contributed by atoms with van der Waals surface area (Å²) < 4.78 is 10.4. The van der Waals surface area contributed by atoms with Gasteiger partial charge in [-0.25, -0.2) is 4.79 Å². The van der Waals surface area contributed by atoms with Crippen molar-refractivity contribution in [2.45, 2.75) is 37.8 Å². The first-order valence-corrected chi connectivity index (χ1v) is 12.1. The van der Waals surface area contributed by atoms with E-state index in [1.54, 1.807) is 7.11 Å². The second kappa shape index (κ2) is 8.91. The number of fused-ring (bicyclic) bond motifs is 3. The SMILES string of the molecule is CC[C@@H]1CN2CCC3(Nc4cccc(-c5ccccc5)c4C3=O)C2C[C@@H]1/C(=C\OC)C(=O)OC. The first-order valence-electron chi connectivity index (χ1n) is 12.1. The van der Waals surface area contributed by atoms with Crippen molar-refractivity contribution >= 4 is 17.4 Å². The Morgan fingerprint density at radius 2 is 1.97 bits per heavy atom. The number of carbonyl (C=O) groups is 2. The quantitative estimate of drug-likeness (QED) is 0.402. The van der Waals surface area contributed by atoms with Crippen molar-refractivity contribution in [3.05, 3.63) is 65.9 Å². The van der Waals surface area contributed by atoms with E-state index in [2.05, 4.69) is 29.3 Å². The zero-order valence-electron chi connectivity index (χ0n) is 20.0. The number of carbonyl (C=O) groups excluding carboxylic acids is 2. The summed E-state index contributed by atoms with van der Waals surface area (Å²) in [5.74, 6) is 0.0795. The van der Waals surface area contributed by atoms with Gasteiger partial charge in [0.1, 0.15) is 5.54 Å². The summed E-state index contributed by atoms with van der Waals surface area (Å²) in [5, 5.41) is 3.68. The van der Waals surface area contributed by atoms with Crippen molar-refractivity contribution in [2.24, 2.45) is 11.8 Å². The van der Waals surface area contributed by atoms with E-state index >= 15 is 0 Å². The molecule has 34 heavy (non-hydrogen) atoms. The highest BCUT2D eigenvalue weighted by atomic mass is 16.5. The third kappa shape index (κ3) is 3.43. The summed E-state index contributed by atoms with van der Waals surface area (Å²) in [6.07, 6.45) is 3.93. The number of hydrogen-bond donors (Lipinski definition) is 1. The molecule has 0 aliphatic carbocycles. The van der Waals surface area contributed by atoms with Gasteiger partial charge in [0, 0.05) is 24.8 Å². The first-order chi connectivity index (χ1) is 16.5. The van der Waals surface area contributed by atoms with Crippen LogP contribution in [0.3, 0.4) is 0 Å². The van der Waals surface area contributed by atoms with Gasteiger partial charge in [-0.05, 0) is 41.9 Å².